The van der Waals surface area contributed by atoms with Crippen LogP contribution in [0.15, 0.2) is 115 Å². The topological polar surface area (TPSA) is 171 Å². The van der Waals surface area contributed by atoms with Gasteiger partial charge in [0.05, 0.1) is 43.2 Å². The van der Waals surface area contributed by atoms with Gasteiger partial charge in [-0.1, -0.05) is 131 Å². The summed E-state index contributed by atoms with van der Waals surface area (Å²) in [6.45, 7) is 10.7. The maximum Gasteiger partial charge on any atom is 0.407 e. The van der Waals surface area contributed by atoms with Gasteiger partial charge in [-0.2, -0.15) is 0 Å². The molecule has 3 heterocycles. The molecular weight excluding hydrogens is 891 g/mol. The van der Waals surface area contributed by atoms with Gasteiger partial charge < -0.3 is 35.0 Å². The molecule has 13 heteroatoms. The molecule has 4 N–H and O–H groups in total. The quantitative estimate of drug-likeness (QED) is 0.0694. The number of carbonyl (C=O) groups is 4. The molecule has 3 aliphatic rings. The van der Waals surface area contributed by atoms with Crippen molar-refractivity contribution in [3.8, 4) is 33.5 Å². The summed E-state index contributed by atoms with van der Waals surface area (Å²) in [6.07, 6.45) is 14.2. The summed E-state index contributed by atoms with van der Waals surface area (Å²) in [4.78, 5) is 70.1. The van der Waals surface area contributed by atoms with E-state index in [1.165, 1.54) is 67.7 Å². The molecule has 71 heavy (non-hydrogen) atoms. The van der Waals surface area contributed by atoms with Gasteiger partial charge in [-0.25, -0.2) is 19.6 Å². The van der Waals surface area contributed by atoms with Crippen molar-refractivity contribution in [1.82, 2.24) is 35.5 Å². The van der Waals surface area contributed by atoms with E-state index in [0.29, 0.717) is 23.9 Å². The predicted octanol–water partition coefficient (Wildman–Crippen LogP) is 11.7. The largest absolute Gasteiger partial charge is 0.453 e. The molecule has 6 aromatic rings. The van der Waals surface area contributed by atoms with Gasteiger partial charge in [-0.05, 0) is 113 Å². The smallest absolute Gasteiger partial charge is 0.407 e. The van der Waals surface area contributed by atoms with Gasteiger partial charge in [0, 0.05) is 18.9 Å². The van der Waals surface area contributed by atoms with Crippen LogP contribution in [0.1, 0.15) is 118 Å². The van der Waals surface area contributed by atoms with Crippen molar-refractivity contribution in [3.63, 3.8) is 0 Å². The van der Waals surface area contributed by atoms with Crippen molar-refractivity contribution in [2.75, 3.05) is 20.8 Å². The zero-order chi connectivity index (χ0) is 49.8. The normalized spacial score (nSPS) is 17.4. The molecule has 4 atom stereocenters. The molecule has 2 aliphatic carbocycles. The molecule has 0 radical (unpaired) electrons. The lowest BCUT2D eigenvalue weighted by molar-refractivity contribution is -0.135. The van der Waals surface area contributed by atoms with Crippen LogP contribution in [0.25, 0.3) is 44.5 Å². The number of aromatic nitrogens is 4. The molecule has 1 spiro atoms. The van der Waals surface area contributed by atoms with E-state index in [0.717, 1.165) is 70.8 Å². The summed E-state index contributed by atoms with van der Waals surface area (Å²) >= 11 is 0. The first-order valence-electron chi connectivity index (χ1n) is 25.0. The third-order valence-electron chi connectivity index (χ3n) is 14.9. The Bertz CT molecular complexity index is 2960. The summed E-state index contributed by atoms with van der Waals surface area (Å²) in [5, 5.41) is 5.41. The highest BCUT2D eigenvalue weighted by Gasteiger charge is 2.42. The van der Waals surface area contributed by atoms with Crippen LogP contribution in [-0.2, 0) is 31.9 Å². The van der Waals surface area contributed by atoms with E-state index in [1.54, 1.807) is 0 Å². The predicted molar refractivity (Wildman–Crippen MR) is 276 cm³/mol. The van der Waals surface area contributed by atoms with E-state index in [9.17, 15) is 19.2 Å². The summed E-state index contributed by atoms with van der Waals surface area (Å²) in [5.74, 6) is 1.22. The summed E-state index contributed by atoms with van der Waals surface area (Å²) in [5.41, 5.74) is 13.3. The van der Waals surface area contributed by atoms with E-state index in [2.05, 4.69) is 94.8 Å². The van der Waals surface area contributed by atoms with Crippen LogP contribution in [0.3, 0.4) is 0 Å². The van der Waals surface area contributed by atoms with Crippen LogP contribution in [0.2, 0.25) is 0 Å². The number of methoxy groups -OCH3 is 2. The number of rotatable bonds is 16. The van der Waals surface area contributed by atoms with E-state index in [1.807, 2.05) is 61.4 Å². The number of ether oxygens (including phenoxy) is 2. The minimum Gasteiger partial charge on any atom is -0.453 e. The van der Waals surface area contributed by atoms with Crippen LogP contribution < -0.4 is 10.6 Å². The first-order valence-corrected chi connectivity index (χ1v) is 25.0. The van der Waals surface area contributed by atoms with Gasteiger partial charge in [-0.15, -0.1) is 0 Å². The highest BCUT2D eigenvalue weighted by Crippen LogP contribution is 2.53. The minimum atomic E-state index is -0.823. The Labute approximate surface area is 415 Å². The number of amides is 3. The van der Waals surface area contributed by atoms with Crippen LogP contribution in [0.5, 0.6) is 0 Å². The molecule has 13 nitrogen and oxygen atoms in total. The Hall–Kier alpha value is -7.28. The lowest BCUT2D eigenvalue weighted by atomic mass is 9.82. The van der Waals surface area contributed by atoms with E-state index < -0.39 is 24.3 Å². The molecule has 1 aliphatic heterocycles. The third kappa shape index (κ3) is 10.5. The fraction of sp³-hybridized carbons (Fsp3) is 0.379. The second kappa shape index (κ2) is 21.0. The van der Waals surface area contributed by atoms with E-state index in [-0.39, 0.29) is 36.0 Å². The Balaban J connectivity index is 0.888. The number of allylic oxidation sites excluding steroid dienone is 3. The lowest BCUT2D eigenvalue weighted by Gasteiger charge is -2.29. The summed E-state index contributed by atoms with van der Waals surface area (Å²) in [6, 6.07) is 27.3. The zero-order valence-corrected chi connectivity index (χ0v) is 41.5. The number of ketones is 1. The number of aromatic amines is 2. The Morgan fingerprint density at radius 3 is 2.18 bits per heavy atom. The molecule has 368 valence electrons. The molecule has 2 aromatic heterocycles. The average molecular weight is 956 g/mol. The number of fused-ring (bicyclic) bond motifs is 2. The maximum absolute atomic E-state index is 13.8. The number of alkyl carbamates (subject to hydrolysis) is 2. The van der Waals surface area contributed by atoms with Gasteiger partial charge >= 0.3 is 12.2 Å². The first kappa shape index (κ1) is 48.7. The van der Waals surface area contributed by atoms with Gasteiger partial charge in [0.25, 0.3) is 0 Å². The summed E-state index contributed by atoms with van der Waals surface area (Å²) in [7, 11) is 2.59. The standard InChI is InChI=1S/C58H65N7O6/c1-35(2)51(63-56(68)70-5)55(67)65-29-13-18-49(65)54-60-46-26-23-41(31-47(46)61-54)43-25-24-42(44-32-58(33-45(43)44)27-10-11-28-58)38-19-21-39(22-20-38)48-34-59-53(62-48)37(4)15-12-14-36(3)30-50(66)52(64-57(69)71-6)40-16-8-7-9-17-40/h7-9,12,15-17,19-26,31,34-35,37,49,51-52H,3,10-11,13-14,18,27-30,32-33H2,1-2,4-6H3,(H,59,62)(H,60,61)(H,63,68)(H,64,69)/b15-12-/t37-,49-,51?,52+/m0/s1. The number of nitrogens with one attached hydrogen (secondary N) is 4. The Morgan fingerprint density at radius 1 is 0.831 bits per heavy atom. The van der Waals surface area contributed by atoms with E-state index >= 15 is 0 Å². The number of likely N-dealkylation sites (tertiary alicyclic amines) is 1. The molecule has 1 unspecified atom stereocenters. The van der Waals surface area contributed by atoms with Crippen LogP contribution in [0, 0.1) is 11.3 Å². The van der Waals surface area contributed by atoms with Crippen LogP contribution in [0.4, 0.5) is 9.59 Å². The first-order chi connectivity index (χ1) is 34.3. The van der Waals surface area contributed by atoms with Gasteiger partial charge in [0.15, 0.2) is 5.78 Å². The second-order valence-electron chi connectivity index (χ2n) is 20.1. The number of benzene rings is 4. The fourth-order valence-electron chi connectivity index (χ4n) is 11.1. The number of carbonyl (C=O) groups excluding carboxylic acids is 4. The lowest BCUT2D eigenvalue weighted by Crippen LogP contribution is -2.51. The van der Waals surface area contributed by atoms with Gasteiger partial charge in [0.1, 0.15) is 23.7 Å². The number of H-pyrrole nitrogens is 2. The third-order valence-corrected chi connectivity index (χ3v) is 14.9. The van der Waals surface area contributed by atoms with Crippen LogP contribution >= 0.6 is 0 Å². The van der Waals surface area contributed by atoms with Crippen molar-refractivity contribution in [1.29, 1.82) is 0 Å². The van der Waals surface area contributed by atoms with Crippen molar-refractivity contribution in [2.45, 2.75) is 109 Å². The SMILES string of the molecule is C=C(C/C=C\[C@H](C)c1ncc(-c2ccc(-c3ccc(-c4ccc5nc([C@@H]6CCCN6C(=O)C(NC(=O)OC)C(C)C)[nH]c5c4)c4c3CC3(CCCC3)C4)cc2)[nH]1)CC(=O)[C@H](NC(=O)OC)c1ccccc1. The molecule has 1 saturated carbocycles. The number of imidazole rings is 2. The molecule has 9 rings (SSSR count). The number of hydrogen-bond acceptors (Lipinski definition) is 8. The minimum absolute atomic E-state index is 0.00111. The number of hydrogen-bond donors (Lipinski definition) is 4. The van der Waals surface area contributed by atoms with Crippen molar-refractivity contribution < 1.29 is 28.7 Å². The highest BCUT2D eigenvalue weighted by molar-refractivity contribution is 5.90. The summed E-state index contributed by atoms with van der Waals surface area (Å²) < 4.78 is 9.60. The molecule has 0 bridgehead atoms. The molecule has 3 amide bonds. The van der Waals surface area contributed by atoms with Gasteiger partial charge in [0.2, 0.25) is 5.91 Å². The Kier molecular flexibility index (Phi) is 14.4. The van der Waals surface area contributed by atoms with Gasteiger partial charge in [-0.3, -0.25) is 9.59 Å². The zero-order valence-electron chi connectivity index (χ0n) is 41.5. The monoisotopic (exact) mass is 955 g/mol. The maximum atomic E-state index is 13.8. The second-order valence-corrected chi connectivity index (χ2v) is 20.1. The van der Waals surface area contributed by atoms with Crippen molar-refractivity contribution in [3.05, 3.63) is 144 Å². The average Bonchev–Trinajstić information content (AvgIpc) is 4.25. The van der Waals surface area contributed by atoms with Crippen LogP contribution in [-0.4, -0.2) is 75.5 Å². The fourth-order valence-corrected chi connectivity index (χ4v) is 11.1. The van der Waals surface area contributed by atoms with E-state index in [4.69, 9.17) is 19.4 Å². The Morgan fingerprint density at radius 2 is 1.49 bits per heavy atom. The highest BCUT2D eigenvalue weighted by atomic mass is 16.5. The van der Waals surface area contributed by atoms with Crippen molar-refractivity contribution in [2.24, 2.45) is 11.3 Å². The molecular formula is C58H65N7O6. The molecule has 1 saturated heterocycles. The number of Topliss-reactive ketones (excluding diaryl/α,β-unsaturated/α-hetero) is 1. The number of nitrogens with zero attached hydrogens (tertiary/aromatic N) is 3. The molecule has 2 fully saturated rings. The molecule has 4 aromatic carbocycles. The van der Waals surface area contributed by atoms with Crippen molar-refractivity contribution >= 4 is 34.9 Å².